The third-order valence-corrected chi connectivity index (χ3v) is 4.03. The van der Waals surface area contributed by atoms with Crippen molar-refractivity contribution in [3.05, 3.63) is 40.6 Å². The van der Waals surface area contributed by atoms with Crippen molar-refractivity contribution in [1.82, 2.24) is 25.8 Å². The molecule has 0 bridgehead atoms. The molecule has 0 saturated heterocycles. The molecule has 1 unspecified atom stereocenters. The van der Waals surface area contributed by atoms with Gasteiger partial charge in [-0.2, -0.15) is 10.1 Å². The summed E-state index contributed by atoms with van der Waals surface area (Å²) in [5.41, 5.74) is 0.397. The second-order valence-corrected chi connectivity index (χ2v) is 8.08. The zero-order valence-electron chi connectivity index (χ0n) is 11.7. The highest BCUT2D eigenvalue weighted by Gasteiger charge is 2.35. The molecule has 128 valence electrons. The number of amides is 1. The molecule has 7 nitrogen and oxygen atoms in total. The van der Waals surface area contributed by atoms with E-state index in [1.54, 1.807) is 24.3 Å². The normalized spacial score (nSPS) is 12.3. The molecule has 12 heteroatoms. The SMILES string of the molecule is O=C(NC(NC(=S)Nc1ncn[nH]1)C(Cl)(Cl)Cl)c1ccc(Br)cc1. The summed E-state index contributed by atoms with van der Waals surface area (Å²) in [7, 11) is 0. The number of nitrogens with zero attached hydrogens (tertiary/aromatic N) is 2. The van der Waals surface area contributed by atoms with E-state index in [-0.39, 0.29) is 5.11 Å². The van der Waals surface area contributed by atoms with Crippen LogP contribution in [-0.4, -0.2) is 36.2 Å². The Morgan fingerprint density at radius 3 is 2.46 bits per heavy atom. The van der Waals surface area contributed by atoms with Crippen molar-refractivity contribution in [2.75, 3.05) is 5.32 Å². The molecule has 0 saturated carbocycles. The van der Waals surface area contributed by atoms with Gasteiger partial charge in [-0.3, -0.25) is 4.79 Å². The lowest BCUT2D eigenvalue weighted by Crippen LogP contribution is -2.56. The highest BCUT2D eigenvalue weighted by molar-refractivity contribution is 9.10. The fraction of sp³-hybridized carbons (Fsp3) is 0.167. The summed E-state index contributed by atoms with van der Waals surface area (Å²) in [6, 6.07) is 6.70. The minimum Gasteiger partial charge on any atom is -0.339 e. The number of hydrogen-bond donors (Lipinski definition) is 4. The molecule has 1 heterocycles. The maximum atomic E-state index is 12.3. The number of halogens is 4. The Balaban J connectivity index is 2.04. The molecule has 4 N–H and O–H groups in total. The van der Waals surface area contributed by atoms with Crippen molar-refractivity contribution in [1.29, 1.82) is 0 Å². The summed E-state index contributed by atoms with van der Waals surface area (Å²) in [5, 5.41) is 14.3. The smallest absolute Gasteiger partial charge is 0.252 e. The first-order chi connectivity index (χ1) is 11.3. The van der Waals surface area contributed by atoms with Gasteiger partial charge in [-0.25, -0.2) is 5.10 Å². The molecule has 24 heavy (non-hydrogen) atoms. The summed E-state index contributed by atoms with van der Waals surface area (Å²) in [4.78, 5) is 16.1. The van der Waals surface area contributed by atoms with Gasteiger partial charge in [0.1, 0.15) is 12.5 Å². The average molecular weight is 473 g/mol. The van der Waals surface area contributed by atoms with Gasteiger partial charge in [0.2, 0.25) is 9.74 Å². The van der Waals surface area contributed by atoms with Crippen LogP contribution < -0.4 is 16.0 Å². The number of alkyl halides is 3. The Hall–Kier alpha value is -1.13. The number of hydrogen-bond acceptors (Lipinski definition) is 4. The largest absolute Gasteiger partial charge is 0.339 e. The Kier molecular flexibility index (Phi) is 6.64. The lowest BCUT2D eigenvalue weighted by Gasteiger charge is -2.27. The van der Waals surface area contributed by atoms with E-state index in [0.29, 0.717) is 11.5 Å². The van der Waals surface area contributed by atoms with Crippen molar-refractivity contribution < 1.29 is 4.79 Å². The first-order valence-corrected chi connectivity index (χ1v) is 8.65. The minimum absolute atomic E-state index is 0.0826. The van der Waals surface area contributed by atoms with Gasteiger partial charge in [0.15, 0.2) is 5.11 Å². The molecule has 2 aromatic rings. The van der Waals surface area contributed by atoms with E-state index < -0.39 is 15.9 Å². The van der Waals surface area contributed by atoms with Crippen LogP contribution in [0.4, 0.5) is 5.95 Å². The van der Waals surface area contributed by atoms with Crippen LogP contribution in [0.1, 0.15) is 10.4 Å². The number of thiocarbonyl (C=S) groups is 1. The Morgan fingerprint density at radius 2 is 1.92 bits per heavy atom. The fourth-order valence-electron chi connectivity index (χ4n) is 1.56. The molecule has 0 spiro atoms. The van der Waals surface area contributed by atoms with Crippen molar-refractivity contribution in [3.8, 4) is 0 Å². The van der Waals surface area contributed by atoms with Crippen molar-refractivity contribution >= 4 is 79.9 Å². The van der Waals surface area contributed by atoms with Gasteiger partial charge in [-0.05, 0) is 36.5 Å². The molecule has 1 amide bonds. The van der Waals surface area contributed by atoms with Crippen LogP contribution in [0, 0.1) is 0 Å². The zero-order chi connectivity index (χ0) is 17.7. The molecule has 1 aromatic heterocycles. The summed E-state index contributed by atoms with van der Waals surface area (Å²) in [6.07, 6.45) is 0.216. The highest BCUT2D eigenvalue weighted by atomic mass is 79.9. The van der Waals surface area contributed by atoms with Crippen LogP contribution in [0.15, 0.2) is 35.1 Å². The van der Waals surface area contributed by atoms with Gasteiger partial charge in [0.25, 0.3) is 5.91 Å². The Labute approximate surface area is 166 Å². The van der Waals surface area contributed by atoms with E-state index in [1.807, 2.05) is 0 Å². The maximum Gasteiger partial charge on any atom is 0.252 e. The Bertz CT molecular complexity index is 707. The van der Waals surface area contributed by atoms with E-state index in [1.165, 1.54) is 6.33 Å². The predicted molar refractivity (Wildman–Crippen MR) is 101 cm³/mol. The molecule has 2 rings (SSSR count). The molecule has 1 atom stereocenters. The summed E-state index contributed by atoms with van der Waals surface area (Å²) >= 11 is 26.1. The van der Waals surface area contributed by atoms with Gasteiger partial charge in [0.05, 0.1) is 0 Å². The summed E-state index contributed by atoms with van der Waals surface area (Å²) in [5.74, 6) is -0.136. The number of H-pyrrole nitrogens is 1. The first kappa shape index (κ1) is 19.2. The van der Waals surface area contributed by atoms with Crippen molar-refractivity contribution in [2.45, 2.75) is 9.96 Å². The summed E-state index contributed by atoms with van der Waals surface area (Å²) < 4.78 is -1.01. The second-order valence-electron chi connectivity index (χ2n) is 4.39. The number of anilines is 1. The van der Waals surface area contributed by atoms with Crippen LogP contribution in [0.2, 0.25) is 0 Å². The number of rotatable bonds is 4. The molecule has 0 aliphatic heterocycles. The monoisotopic (exact) mass is 470 g/mol. The third-order valence-electron chi connectivity index (χ3n) is 2.63. The van der Waals surface area contributed by atoms with Crippen LogP contribution >= 0.6 is 63.0 Å². The average Bonchev–Trinajstić information content (AvgIpc) is 2.99. The van der Waals surface area contributed by atoms with Gasteiger partial charge >= 0.3 is 0 Å². The van der Waals surface area contributed by atoms with Crippen molar-refractivity contribution in [3.63, 3.8) is 0 Å². The number of carbonyl (C=O) groups excluding carboxylic acids is 1. The maximum absolute atomic E-state index is 12.3. The van der Waals surface area contributed by atoms with Crippen LogP contribution in [0.25, 0.3) is 0 Å². The van der Waals surface area contributed by atoms with Gasteiger partial charge in [-0.1, -0.05) is 50.7 Å². The van der Waals surface area contributed by atoms with Crippen LogP contribution in [0.5, 0.6) is 0 Å². The number of carbonyl (C=O) groups is 1. The third kappa shape index (κ3) is 5.75. The molecular formula is C12H10BrCl3N6OS. The lowest BCUT2D eigenvalue weighted by molar-refractivity contribution is 0.0934. The van der Waals surface area contributed by atoms with E-state index in [2.05, 4.69) is 47.1 Å². The van der Waals surface area contributed by atoms with E-state index in [9.17, 15) is 4.79 Å². The lowest BCUT2D eigenvalue weighted by atomic mass is 10.2. The topological polar surface area (TPSA) is 94.7 Å². The van der Waals surface area contributed by atoms with Crippen LogP contribution in [0.3, 0.4) is 0 Å². The number of benzene rings is 1. The minimum atomic E-state index is -1.85. The van der Waals surface area contributed by atoms with Gasteiger partial charge in [0, 0.05) is 10.0 Å². The molecule has 0 aliphatic rings. The molecular weight excluding hydrogens is 463 g/mol. The van der Waals surface area contributed by atoms with Crippen LogP contribution in [-0.2, 0) is 0 Å². The summed E-state index contributed by atoms with van der Waals surface area (Å²) in [6.45, 7) is 0. The zero-order valence-corrected chi connectivity index (χ0v) is 16.4. The number of nitrogens with one attached hydrogen (secondary N) is 4. The number of aromatic nitrogens is 3. The standard InChI is InChI=1S/C12H10BrCl3N6OS/c13-7-3-1-6(2-4-7)8(23)19-9(12(14,15)16)20-11(24)21-10-17-5-18-22-10/h1-5,9H,(H,19,23)(H3,17,18,20,21,22,24). The van der Waals surface area contributed by atoms with Gasteiger partial charge in [-0.15, -0.1) is 0 Å². The molecule has 0 fully saturated rings. The molecule has 0 aliphatic carbocycles. The highest BCUT2D eigenvalue weighted by Crippen LogP contribution is 2.29. The fourth-order valence-corrected chi connectivity index (χ4v) is 2.36. The Morgan fingerprint density at radius 1 is 1.25 bits per heavy atom. The molecule has 1 aromatic carbocycles. The predicted octanol–water partition coefficient (Wildman–Crippen LogP) is 2.98. The van der Waals surface area contributed by atoms with E-state index in [0.717, 1.165) is 4.47 Å². The van der Waals surface area contributed by atoms with E-state index >= 15 is 0 Å². The van der Waals surface area contributed by atoms with Crippen molar-refractivity contribution in [2.24, 2.45) is 0 Å². The molecule has 0 radical (unpaired) electrons. The van der Waals surface area contributed by atoms with Gasteiger partial charge < -0.3 is 16.0 Å². The van der Waals surface area contributed by atoms with E-state index in [4.69, 9.17) is 47.0 Å². The number of aromatic amines is 1. The second kappa shape index (κ2) is 8.30. The quantitative estimate of drug-likeness (QED) is 0.311. The first-order valence-electron chi connectivity index (χ1n) is 6.32.